The minimum absolute atomic E-state index is 0.422. The van der Waals surface area contributed by atoms with Gasteiger partial charge < -0.3 is 9.26 Å². The highest BCUT2D eigenvalue weighted by Gasteiger charge is 2.16. The Hall–Kier alpha value is -1.24. The van der Waals surface area contributed by atoms with Gasteiger partial charge in [0.15, 0.2) is 0 Å². The molecule has 0 radical (unpaired) electrons. The third-order valence-electron chi connectivity index (χ3n) is 3.72. The molecular weight excluding hydrogens is 286 g/mol. The Kier molecular flexibility index (Phi) is 5.00. The van der Waals surface area contributed by atoms with Crippen molar-refractivity contribution in [1.29, 1.82) is 0 Å². The standard InChI is InChI=1S/C15H21N3O2S/c1-18(8-7-12-5-2-3-9-19-12)11-14-16-15(17-20-14)13-6-4-10-21-13/h4,6,10,12H,2-3,5,7-9,11H2,1H3/t12-/m1/s1. The molecule has 2 aromatic heterocycles. The maximum Gasteiger partial charge on any atom is 0.241 e. The minimum Gasteiger partial charge on any atom is -0.378 e. The molecule has 1 aliphatic heterocycles. The average molecular weight is 307 g/mol. The van der Waals surface area contributed by atoms with Crippen LogP contribution in [0.5, 0.6) is 0 Å². The second-order valence-electron chi connectivity index (χ2n) is 5.50. The van der Waals surface area contributed by atoms with Gasteiger partial charge in [-0.15, -0.1) is 11.3 Å². The van der Waals surface area contributed by atoms with Gasteiger partial charge in [0.2, 0.25) is 11.7 Å². The molecule has 1 saturated heterocycles. The third kappa shape index (κ3) is 4.12. The van der Waals surface area contributed by atoms with Crippen LogP contribution in [0.1, 0.15) is 31.6 Å². The van der Waals surface area contributed by atoms with Gasteiger partial charge >= 0.3 is 0 Å². The summed E-state index contributed by atoms with van der Waals surface area (Å²) in [6, 6.07) is 4.00. The monoisotopic (exact) mass is 307 g/mol. The van der Waals surface area contributed by atoms with E-state index in [0.29, 0.717) is 24.4 Å². The lowest BCUT2D eigenvalue weighted by Gasteiger charge is -2.24. The molecule has 0 aliphatic carbocycles. The van der Waals surface area contributed by atoms with Gasteiger partial charge in [0, 0.05) is 13.2 Å². The van der Waals surface area contributed by atoms with Crippen LogP contribution in [-0.2, 0) is 11.3 Å². The first-order valence-corrected chi connectivity index (χ1v) is 8.36. The summed E-state index contributed by atoms with van der Waals surface area (Å²) in [5.41, 5.74) is 0. The molecule has 6 heteroatoms. The van der Waals surface area contributed by atoms with Crippen molar-refractivity contribution >= 4 is 11.3 Å². The number of hydrogen-bond acceptors (Lipinski definition) is 6. The second-order valence-corrected chi connectivity index (χ2v) is 6.45. The van der Waals surface area contributed by atoms with Crippen LogP contribution in [0, 0.1) is 0 Å². The molecule has 114 valence electrons. The zero-order valence-corrected chi connectivity index (χ0v) is 13.1. The Morgan fingerprint density at radius 3 is 3.14 bits per heavy atom. The summed E-state index contributed by atoms with van der Waals surface area (Å²) in [6.07, 6.45) is 5.19. The Balaban J connectivity index is 1.47. The first-order chi connectivity index (χ1) is 10.3. The van der Waals surface area contributed by atoms with Crippen molar-refractivity contribution in [3.8, 4) is 10.7 Å². The molecule has 21 heavy (non-hydrogen) atoms. The third-order valence-corrected chi connectivity index (χ3v) is 4.59. The predicted molar refractivity (Wildman–Crippen MR) is 82.2 cm³/mol. The normalized spacial score (nSPS) is 19.2. The van der Waals surface area contributed by atoms with Crippen LogP contribution in [0.3, 0.4) is 0 Å². The lowest BCUT2D eigenvalue weighted by molar-refractivity contribution is 0.00602. The first kappa shape index (κ1) is 14.7. The molecule has 1 atom stereocenters. The van der Waals surface area contributed by atoms with Crippen LogP contribution >= 0.6 is 11.3 Å². The van der Waals surface area contributed by atoms with Crippen molar-refractivity contribution in [2.24, 2.45) is 0 Å². The van der Waals surface area contributed by atoms with Crippen LogP contribution in [0.25, 0.3) is 10.7 Å². The molecule has 1 fully saturated rings. The smallest absolute Gasteiger partial charge is 0.241 e. The van der Waals surface area contributed by atoms with E-state index in [9.17, 15) is 0 Å². The molecule has 0 aromatic carbocycles. The fraction of sp³-hybridized carbons (Fsp3) is 0.600. The highest BCUT2D eigenvalue weighted by atomic mass is 32.1. The van der Waals surface area contributed by atoms with Gasteiger partial charge in [-0.1, -0.05) is 11.2 Å². The molecule has 0 amide bonds. The molecule has 1 aliphatic rings. The zero-order valence-electron chi connectivity index (χ0n) is 12.3. The SMILES string of the molecule is CN(CC[C@H]1CCCCO1)Cc1nc(-c2cccs2)no1. The molecule has 0 spiro atoms. The molecule has 0 N–H and O–H groups in total. The van der Waals surface area contributed by atoms with Gasteiger partial charge in [-0.2, -0.15) is 4.98 Å². The number of nitrogens with zero attached hydrogens (tertiary/aromatic N) is 3. The first-order valence-electron chi connectivity index (χ1n) is 7.48. The zero-order chi connectivity index (χ0) is 14.5. The summed E-state index contributed by atoms with van der Waals surface area (Å²) >= 11 is 1.62. The molecule has 3 heterocycles. The summed E-state index contributed by atoms with van der Waals surface area (Å²) in [5.74, 6) is 1.36. The summed E-state index contributed by atoms with van der Waals surface area (Å²) in [6.45, 7) is 2.59. The van der Waals surface area contributed by atoms with E-state index in [1.807, 2.05) is 17.5 Å². The van der Waals surface area contributed by atoms with Crippen molar-refractivity contribution in [3.63, 3.8) is 0 Å². The average Bonchev–Trinajstić information content (AvgIpc) is 3.17. The van der Waals surface area contributed by atoms with Gasteiger partial charge in [0.25, 0.3) is 0 Å². The molecule has 2 aromatic rings. The van der Waals surface area contributed by atoms with Gasteiger partial charge in [0.05, 0.1) is 17.5 Å². The van der Waals surface area contributed by atoms with Gasteiger partial charge in [0.1, 0.15) is 0 Å². The van der Waals surface area contributed by atoms with Crippen LogP contribution in [0.4, 0.5) is 0 Å². The minimum atomic E-state index is 0.422. The lowest BCUT2D eigenvalue weighted by atomic mass is 10.1. The van der Waals surface area contributed by atoms with Gasteiger partial charge in [-0.25, -0.2) is 0 Å². The number of ether oxygens (including phenoxy) is 1. The van der Waals surface area contributed by atoms with Crippen molar-refractivity contribution in [2.75, 3.05) is 20.2 Å². The number of rotatable bonds is 6. The predicted octanol–water partition coefficient (Wildman–Crippen LogP) is 3.19. The maximum atomic E-state index is 5.75. The van der Waals surface area contributed by atoms with E-state index in [2.05, 4.69) is 22.1 Å². The molecular formula is C15H21N3O2S. The lowest BCUT2D eigenvalue weighted by Crippen LogP contribution is -2.26. The van der Waals surface area contributed by atoms with E-state index in [-0.39, 0.29) is 0 Å². The summed E-state index contributed by atoms with van der Waals surface area (Å²) in [5, 5.41) is 6.05. The van der Waals surface area contributed by atoms with Crippen LogP contribution in [0.2, 0.25) is 0 Å². The van der Waals surface area contributed by atoms with E-state index in [1.165, 1.54) is 19.3 Å². The van der Waals surface area contributed by atoms with Crippen molar-refractivity contribution in [2.45, 2.75) is 38.3 Å². The number of aromatic nitrogens is 2. The van der Waals surface area contributed by atoms with Crippen LogP contribution in [0.15, 0.2) is 22.0 Å². The fourth-order valence-corrected chi connectivity index (χ4v) is 3.18. The molecule has 5 nitrogen and oxygen atoms in total. The Morgan fingerprint density at radius 2 is 2.38 bits per heavy atom. The number of hydrogen-bond donors (Lipinski definition) is 0. The van der Waals surface area contributed by atoms with E-state index in [1.54, 1.807) is 11.3 Å². The van der Waals surface area contributed by atoms with Crippen molar-refractivity contribution < 1.29 is 9.26 Å². The summed E-state index contributed by atoms with van der Waals surface area (Å²) in [7, 11) is 2.08. The highest BCUT2D eigenvalue weighted by molar-refractivity contribution is 7.13. The Morgan fingerprint density at radius 1 is 1.43 bits per heavy atom. The molecule has 0 saturated carbocycles. The molecule has 0 unspecified atom stereocenters. The van der Waals surface area contributed by atoms with Crippen molar-refractivity contribution in [1.82, 2.24) is 15.0 Å². The van der Waals surface area contributed by atoms with E-state index < -0.39 is 0 Å². The van der Waals surface area contributed by atoms with Gasteiger partial charge in [-0.3, -0.25) is 4.90 Å². The van der Waals surface area contributed by atoms with E-state index in [0.717, 1.165) is 24.4 Å². The van der Waals surface area contributed by atoms with E-state index >= 15 is 0 Å². The van der Waals surface area contributed by atoms with Crippen molar-refractivity contribution in [3.05, 3.63) is 23.4 Å². The fourth-order valence-electron chi connectivity index (χ4n) is 2.53. The quantitative estimate of drug-likeness (QED) is 0.820. The maximum absolute atomic E-state index is 5.75. The molecule has 3 rings (SSSR count). The Bertz CT molecular complexity index is 535. The van der Waals surface area contributed by atoms with Gasteiger partial charge in [-0.05, 0) is 44.2 Å². The van der Waals surface area contributed by atoms with Crippen LogP contribution in [-0.4, -0.2) is 41.3 Å². The highest BCUT2D eigenvalue weighted by Crippen LogP contribution is 2.21. The second kappa shape index (κ2) is 7.15. The van der Waals surface area contributed by atoms with E-state index in [4.69, 9.17) is 9.26 Å². The van der Waals surface area contributed by atoms with Crippen LogP contribution < -0.4 is 0 Å². The summed E-state index contributed by atoms with van der Waals surface area (Å²) in [4.78, 5) is 7.70. The number of thiophene rings is 1. The topological polar surface area (TPSA) is 51.4 Å². The Labute approximate surface area is 128 Å². The summed E-state index contributed by atoms with van der Waals surface area (Å²) < 4.78 is 11.1. The largest absolute Gasteiger partial charge is 0.378 e. The molecule has 0 bridgehead atoms.